The van der Waals surface area contributed by atoms with Gasteiger partial charge in [-0.3, -0.25) is 0 Å². The van der Waals surface area contributed by atoms with Gasteiger partial charge in [0.25, 0.3) is 0 Å². The van der Waals surface area contributed by atoms with Crippen LogP contribution in [-0.2, 0) is 0 Å². The second-order valence-electron chi connectivity index (χ2n) is 3.97. The van der Waals surface area contributed by atoms with Gasteiger partial charge in [0, 0.05) is 16.6 Å². The number of nitrogens with one attached hydrogen (secondary N) is 1. The van der Waals surface area contributed by atoms with E-state index in [-0.39, 0.29) is 11.6 Å². The quantitative estimate of drug-likeness (QED) is 0.873. The van der Waals surface area contributed by atoms with Gasteiger partial charge in [-0.1, -0.05) is 18.5 Å². The minimum absolute atomic E-state index is 0.0171. The number of hydrogen-bond acceptors (Lipinski definition) is 4. The van der Waals surface area contributed by atoms with E-state index in [0.29, 0.717) is 10.7 Å². The van der Waals surface area contributed by atoms with Crippen molar-refractivity contribution in [1.29, 1.82) is 0 Å². The molecule has 1 aromatic carbocycles. The first-order chi connectivity index (χ1) is 9.11. The number of carboxylic acids is 1. The van der Waals surface area contributed by atoms with Crippen LogP contribution >= 0.6 is 22.9 Å². The Morgan fingerprint density at radius 1 is 1.58 bits per heavy atom. The number of carboxylic acid groups (broad SMARTS) is 1. The Morgan fingerprint density at radius 2 is 2.37 bits per heavy atom. The number of nitrogens with zero attached hydrogens (tertiary/aromatic N) is 1. The number of anilines is 1. The Kier molecular flexibility index (Phi) is 4.39. The molecule has 0 aliphatic rings. The molecule has 2 rings (SSSR count). The van der Waals surface area contributed by atoms with Gasteiger partial charge in [0.2, 0.25) is 0 Å². The van der Waals surface area contributed by atoms with Crippen LogP contribution in [0.5, 0.6) is 0 Å². The molecule has 0 aliphatic carbocycles. The second kappa shape index (κ2) is 6.04. The van der Waals surface area contributed by atoms with Crippen LogP contribution in [0.1, 0.15) is 34.8 Å². The standard InChI is InChI=1S/C13H13ClN2O2S/c1-2-10(12-15-5-6-19-12)16-11-7-8(14)3-4-9(11)13(17)18/h3-7,10,16H,2H2,1H3,(H,17,18). The summed E-state index contributed by atoms with van der Waals surface area (Å²) in [7, 11) is 0. The summed E-state index contributed by atoms with van der Waals surface area (Å²) in [5, 5.41) is 15.7. The highest BCUT2D eigenvalue weighted by Gasteiger charge is 2.16. The number of rotatable bonds is 5. The Labute approximate surface area is 120 Å². The molecule has 0 saturated carbocycles. The van der Waals surface area contributed by atoms with Crippen molar-refractivity contribution in [1.82, 2.24) is 4.98 Å². The third kappa shape index (κ3) is 3.24. The first-order valence-electron chi connectivity index (χ1n) is 5.80. The average Bonchev–Trinajstić information content (AvgIpc) is 2.89. The van der Waals surface area contributed by atoms with Gasteiger partial charge in [-0.2, -0.15) is 0 Å². The molecule has 0 bridgehead atoms. The van der Waals surface area contributed by atoms with E-state index in [9.17, 15) is 9.90 Å². The van der Waals surface area contributed by atoms with Crippen LogP contribution < -0.4 is 5.32 Å². The summed E-state index contributed by atoms with van der Waals surface area (Å²) >= 11 is 7.47. The third-order valence-corrected chi connectivity index (χ3v) is 3.82. The van der Waals surface area contributed by atoms with Gasteiger partial charge < -0.3 is 10.4 Å². The highest BCUT2D eigenvalue weighted by atomic mass is 35.5. The smallest absolute Gasteiger partial charge is 0.337 e. The van der Waals surface area contributed by atoms with Crippen molar-refractivity contribution in [2.45, 2.75) is 19.4 Å². The van der Waals surface area contributed by atoms with Crippen LogP contribution in [0.25, 0.3) is 0 Å². The molecule has 2 N–H and O–H groups in total. The van der Waals surface area contributed by atoms with E-state index < -0.39 is 5.97 Å². The summed E-state index contributed by atoms with van der Waals surface area (Å²) in [6, 6.07) is 4.68. The fourth-order valence-electron chi connectivity index (χ4n) is 1.76. The molecule has 0 spiro atoms. The lowest BCUT2D eigenvalue weighted by molar-refractivity contribution is 0.0698. The average molecular weight is 297 g/mol. The van der Waals surface area contributed by atoms with Crippen molar-refractivity contribution in [3.8, 4) is 0 Å². The van der Waals surface area contributed by atoms with Crippen molar-refractivity contribution >= 4 is 34.6 Å². The molecule has 0 fully saturated rings. The summed E-state index contributed by atoms with van der Waals surface area (Å²) in [5.41, 5.74) is 0.724. The summed E-state index contributed by atoms with van der Waals surface area (Å²) in [5.74, 6) is -0.979. The number of aromatic nitrogens is 1. The number of aromatic carboxylic acids is 1. The van der Waals surface area contributed by atoms with Crippen LogP contribution in [0, 0.1) is 0 Å². The maximum atomic E-state index is 11.2. The molecule has 1 unspecified atom stereocenters. The number of benzene rings is 1. The van der Waals surface area contributed by atoms with E-state index in [4.69, 9.17) is 11.6 Å². The molecule has 0 saturated heterocycles. The molecule has 100 valence electrons. The fraction of sp³-hybridized carbons (Fsp3) is 0.231. The fourth-order valence-corrected chi connectivity index (χ4v) is 2.70. The van der Waals surface area contributed by atoms with Crippen molar-refractivity contribution in [2.24, 2.45) is 0 Å². The summed E-state index contributed by atoms with van der Waals surface area (Å²) in [6.45, 7) is 2.02. The maximum absolute atomic E-state index is 11.2. The molecule has 1 heterocycles. The number of carbonyl (C=O) groups is 1. The highest BCUT2D eigenvalue weighted by molar-refractivity contribution is 7.09. The lowest BCUT2D eigenvalue weighted by Crippen LogP contribution is -2.12. The van der Waals surface area contributed by atoms with Gasteiger partial charge >= 0.3 is 5.97 Å². The van der Waals surface area contributed by atoms with Gasteiger partial charge in [-0.15, -0.1) is 11.3 Å². The minimum Gasteiger partial charge on any atom is -0.478 e. The predicted octanol–water partition coefficient (Wildman–Crippen LogP) is 4.06. The monoisotopic (exact) mass is 296 g/mol. The highest BCUT2D eigenvalue weighted by Crippen LogP contribution is 2.28. The number of halogens is 1. The topological polar surface area (TPSA) is 62.2 Å². The summed E-state index contributed by atoms with van der Waals surface area (Å²) in [4.78, 5) is 15.4. The first kappa shape index (κ1) is 13.8. The third-order valence-electron chi connectivity index (χ3n) is 2.70. The van der Waals surface area contributed by atoms with Crippen LogP contribution in [0.4, 0.5) is 5.69 Å². The van der Waals surface area contributed by atoms with Crippen LogP contribution in [-0.4, -0.2) is 16.1 Å². The zero-order chi connectivity index (χ0) is 13.8. The van der Waals surface area contributed by atoms with Crippen molar-refractivity contribution in [2.75, 3.05) is 5.32 Å². The lowest BCUT2D eigenvalue weighted by Gasteiger charge is -2.17. The van der Waals surface area contributed by atoms with Gasteiger partial charge in [0.15, 0.2) is 0 Å². The largest absolute Gasteiger partial charge is 0.478 e. The summed E-state index contributed by atoms with van der Waals surface area (Å²) in [6.07, 6.45) is 2.54. The van der Waals surface area contributed by atoms with Crippen molar-refractivity contribution in [3.63, 3.8) is 0 Å². The van der Waals surface area contributed by atoms with Gasteiger partial charge in [-0.05, 0) is 24.6 Å². The molecule has 1 aromatic heterocycles. The number of thiazole rings is 1. The Balaban J connectivity index is 2.31. The van der Waals surface area contributed by atoms with Gasteiger partial charge in [0.1, 0.15) is 5.01 Å². The molecule has 0 aliphatic heterocycles. The van der Waals surface area contributed by atoms with E-state index in [1.807, 2.05) is 12.3 Å². The van der Waals surface area contributed by atoms with Gasteiger partial charge in [-0.25, -0.2) is 9.78 Å². The minimum atomic E-state index is -0.979. The predicted molar refractivity (Wildman–Crippen MR) is 77.2 cm³/mol. The zero-order valence-electron chi connectivity index (χ0n) is 10.3. The molecular weight excluding hydrogens is 284 g/mol. The molecule has 1 atom stereocenters. The van der Waals surface area contributed by atoms with E-state index in [0.717, 1.165) is 11.4 Å². The maximum Gasteiger partial charge on any atom is 0.337 e. The molecule has 0 radical (unpaired) electrons. The molecule has 4 nitrogen and oxygen atoms in total. The van der Waals surface area contributed by atoms with Crippen LogP contribution in [0.3, 0.4) is 0 Å². The molecule has 0 amide bonds. The normalized spacial score (nSPS) is 12.1. The number of hydrogen-bond donors (Lipinski definition) is 2. The van der Waals surface area contributed by atoms with E-state index in [1.54, 1.807) is 18.3 Å². The van der Waals surface area contributed by atoms with Crippen molar-refractivity contribution in [3.05, 3.63) is 45.4 Å². The van der Waals surface area contributed by atoms with E-state index in [2.05, 4.69) is 10.3 Å². The van der Waals surface area contributed by atoms with E-state index in [1.165, 1.54) is 17.4 Å². The van der Waals surface area contributed by atoms with Gasteiger partial charge in [0.05, 0.1) is 17.3 Å². The lowest BCUT2D eigenvalue weighted by atomic mass is 10.1. The Morgan fingerprint density at radius 3 is 2.95 bits per heavy atom. The second-order valence-corrected chi connectivity index (χ2v) is 5.33. The molecular formula is C13H13ClN2O2S. The Hall–Kier alpha value is -1.59. The van der Waals surface area contributed by atoms with Crippen LogP contribution in [0.2, 0.25) is 5.02 Å². The first-order valence-corrected chi connectivity index (χ1v) is 7.06. The SMILES string of the molecule is CCC(Nc1cc(Cl)ccc1C(=O)O)c1nccs1. The summed E-state index contributed by atoms with van der Waals surface area (Å²) < 4.78 is 0. The van der Waals surface area contributed by atoms with Crippen LogP contribution in [0.15, 0.2) is 29.8 Å². The molecule has 19 heavy (non-hydrogen) atoms. The van der Waals surface area contributed by atoms with Crippen molar-refractivity contribution < 1.29 is 9.90 Å². The zero-order valence-corrected chi connectivity index (χ0v) is 11.8. The van der Waals surface area contributed by atoms with E-state index >= 15 is 0 Å². The molecule has 6 heteroatoms. The Bertz CT molecular complexity index is 572. The molecule has 2 aromatic rings.